The van der Waals surface area contributed by atoms with Crippen molar-refractivity contribution in [1.29, 1.82) is 0 Å². The number of carbonyl (C=O) groups is 3. The largest absolute Gasteiger partial charge is 0.480 e. The lowest BCUT2D eigenvalue weighted by atomic mass is 10.1. The second-order valence-corrected chi connectivity index (χ2v) is 5.57. The monoisotopic (exact) mass is 319 g/mol. The molecule has 1 fully saturated rings. The molecule has 0 spiro atoms. The molecule has 124 valence electrons. The molecule has 0 unspecified atom stereocenters. The Hall–Kier alpha value is -2.41. The Balaban J connectivity index is 1.88. The van der Waals surface area contributed by atoms with Crippen LogP contribution in [0, 0.1) is 0 Å². The van der Waals surface area contributed by atoms with Crippen molar-refractivity contribution in [2.24, 2.45) is 0 Å². The van der Waals surface area contributed by atoms with E-state index in [9.17, 15) is 14.4 Å². The van der Waals surface area contributed by atoms with Crippen molar-refractivity contribution in [2.75, 3.05) is 32.7 Å². The van der Waals surface area contributed by atoms with Gasteiger partial charge >= 0.3 is 5.97 Å². The second-order valence-electron chi connectivity index (χ2n) is 5.57. The summed E-state index contributed by atoms with van der Waals surface area (Å²) in [6.45, 7) is 4.11. The molecule has 23 heavy (non-hydrogen) atoms. The summed E-state index contributed by atoms with van der Waals surface area (Å²) in [5, 5.41) is 11.5. The van der Waals surface area contributed by atoms with Crippen LogP contribution in [0.25, 0.3) is 0 Å². The van der Waals surface area contributed by atoms with E-state index in [-0.39, 0.29) is 18.4 Å². The molecule has 2 rings (SSSR count). The van der Waals surface area contributed by atoms with E-state index in [1.807, 2.05) is 17.0 Å². The summed E-state index contributed by atoms with van der Waals surface area (Å²) >= 11 is 0. The van der Waals surface area contributed by atoms with Crippen LogP contribution in [0.3, 0.4) is 0 Å². The molecule has 1 aliphatic heterocycles. The minimum Gasteiger partial charge on any atom is -0.480 e. The first-order valence-corrected chi connectivity index (χ1v) is 7.52. The highest BCUT2D eigenvalue weighted by Gasteiger charge is 2.23. The normalized spacial score (nSPS) is 15.3. The number of rotatable bonds is 5. The minimum atomic E-state index is -0.848. The number of benzene rings is 1. The summed E-state index contributed by atoms with van der Waals surface area (Å²) in [4.78, 5) is 37.5. The lowest BCUT2D eigenvalue weighted by molar-refractivity contribution is -0.138. The maximum atomic E-state index is 12.4. The fourth-order valence-electron chi connectivity index (χ4n) is 2.47. The van der Waals surface area contributed by atoms with Crippen LogP contribution in [-0.4, -0.2) is 65.4 Å². The SMILES string of the molecule is CC(=O)NCc1ccc(C(=O)N2CCN(CC(=O)O)CC2)cc1. The van der Waals surface area contributed by atoms with Gasteiger partial charge in [0, 0.05) is 45.2 Å². The lowest BCUT2D eigenvalue weighted by Crippen LogP contribution is -2.49. The van der Waals surface area contributed by atoms with Crippen molar-refractivity contribution in [3.8, 4) is 0 Å². The molecule has 1 aliphatic rings. The third-order valence-electron chi connectivity index (χ3n) is 3.76. The maximum absolute atomic E-state index is 12.4. The Kier molecular flexibility index (Phi) is 5.70. The molecular weight excluding hydrogens is 298 g/mol. The Morgan fingerprint density at radius 1 is 1.09 bits per heavy atom. The molecule has 0 aliphatic carbocycles. The van der Waals surface area contributed by atoms with Gasteiger partial charge in [0.2, 0.25) is 5.91 Å². The van der Waals surface area contributed by atoms with Crippen LogP contribution in [-0.2, 0) is 16.1 Å². The van der Waals surface area contributed by atoms with Crippen LogP contribution in [0.15, 0.2) is 24.3 Å². The van der Waals surface area contributed by atoms with Gasteiger partial charge in [-0.2, -0.15) is 0 Å². The van der Waals surface area contributed by atoms with E-state index in [4.69, 9.17) is 5.11 Å². The van der Waals surface area contributed by atoms with Crippen molar-refractivity contribution >= 4 is 17.8 Å². The zero-order valence-corrected chi connectivity index (χ0v) is 13.1. The number of aliphatic carboxylic acids is 1. The number of hydrogen-bond donors (Lipinski definition) is 2. The van der Waals surface area contributed by atoms with E-state index in [2.05, 4.69) is 5.32 Å². The summed E-state index contributed by atoms with van der Waals surface area (Å²) in [5.74, 6) is -0.991. The molecule has 2 amide bonds. The van der Waals surface area contributed by atoms with Crippen LogP contribution < -0.4 is 5.32 Å². The fraction of sp³-hybridized carbons (Fsp3) is 0.438. The van der Waals surface area contributed by atoms with Gasteiger partial charge in [0.1, 0.15) is 0 Å². The molecule has 1 saturated heterocycles. The summed E-state index contributed by atoms with van der Waals surface area (Å²) in [7, 11) is 0. The quantitative estimate of drug-likeness (QED) is 0.807. The number of carboxylic acid groups (broad SMARTS) is 1. The standard InChI is InChI=1S/C16H21N3O4/c1-12(20)17-10-13-2-4-14(5-3-13)16(23)19-8-6-18(7-9-19)11-15(21)22/h2-5H,6-11H2,1H3,(H,17,20)(H,21,22). The van der Waals surface area contributed by atoms with Gasteiger partial charge in [0.15, 0.2) is 0 Å². The first kappa shape index (κ1) is 17.0. The number of amides is 2. The number of hydrogen-bond acceptors (Lipinski definition) is 4. The van der Waals surface area contributed by atoms with Crippen LogP contribution in [0.1, 0.15) is 22.8 Å². The molecule has 0 saturated carbocycles. The maximum Gasteiger partial charge on any atom is 0.317 e. The topological polar surface area (TPSA) is 90.0 Å². The molecule has 0 radical (unpaired) electrons. The number of nitrogens with zero attached hydrogens (tertiary/aromatic N) is 2. The lowest BCUT2D eigenvalue weighted by Gasteiger charge is -2.33. The molecular formula is C16H21N3O4. The van der Waals surface area contributed by atoms with Gasteiger partial charge in [0.25, 0.3) is 5.91 Å². The number of carbonyl (C=O) groups excluding carboxylic acids is 2. The fourth-order valence-corrected chi connectivity index (χ4v) is 2.47. The van der Waals surface area contributed by atoms with E-state index in [1.165, 1.54) is 6.92 Å². The highest BCUT2D eigenvalue weighted by atomic mass is 16.4. The van der Waals surface area contributed by atoms with Crippen molar-refractivity contribution in [3.05, 3.63) is 35.4 Å². The average Bonchev–Trinajstić information content (AvgIpc) is 2.53. The van der Waals surface area contributed by atoms with Crippen molar-refractivity contribution in [2.45, 2.75) is 13.5 Å². The Bertz CT molecular complexity index is 577. The smallest absolute Gasteiger partial charge is 0.317 e. The molecule has 7 heteroatoms. The Morgan fingerprint density at radius 2 is 1.70 bits per heavy atom. The van der Waals surface area contributed by atoms with Gasteiger partial charge in [-0.15, -0.1) is 0 Å². The Labute approximate surface area is 134 Å². The molecule has 0 atom stereocenters. The average molecular weight is 319 g/mol. The first-order chi connectivity index (χ1) is 11.0. The van der Waals surface area contributed by atoms with Crippen molar-refractivity contribution in [3.63, 3.8) is 0 Å². The Morgan fingerprint density at radius 3 is 2.22 bits per heavy atom. The molecule has 1 heterocycles. The van der Waals surface area contributed by atoms with Gasteiger partial charge in [0.05, 0.1) is 6.54 Å². The van der Waals surface area contributed by atoms with Gasteiger partial charge < -0.3 is 15.3 Å². The predicted molar refractivity (Wildman–Crippen MR) is 83.9 cm³/mol. The zero-order chi connectivity index (χ0) is 16.8. The molecule has 7 nitrogen and oxygen atoms in total. The number of carboxylic acids is 1. The van der Waals surface area contributed by atoms with Crippen molar-refractivity contribution in [1.82, 2.24) is 15.1 Å². The summed E-state index contributed by atoms with van der Waals surface area (Å²) in [5.41, 5.74) is 1.53. The highest BCUT2D eigenvalue weighted by molar-refractivity contribution is 5.94. The zero-order valence-electron chi connectivity index (χ0n) is 13.1. The summed E-state index contributed by atoms with van der Waals surface area (Å²) in [6, 6.07) is 7.15. The van der Waals surface area contributed by atoms with Gasteiger partial charge in [-0.3, -0.25) is 19.3 Å². The molecule has 1 aromatic carbocycles. The highest BCUT2D eigenvalue weighted by Crippen LogP contribution is 2.10. The van der Waals surface area contributed by atoms with Crippen LogP contribution in [0.4, 0.5) is 0 Å². The predicted octanol–water partition coefficient (Wildman–Crippen LogP) is 0.165. The van der Waals surface area contributed by atoms with Crippen LogP contribution in [0.2, 0.25) is 0 Å². The van der Waals surface area contributed by atoms with Crippen LogP contribution in [0.5, 0.6) is 0 Å². The summed E-state index contributed by atoms with van der Waals surface area (Å²) < 4.78 is 0. The van der Waals surface area contributed by atoms with Gasteiger partial charge in [-0.05, 0) is 17.7 Å². The van der Waals surface area contributed by atoms with Crippen molar-refractivity contribution < 1.29 is 19.5 Å². The van der Waals surface area contributed by atoms with Gasteiger partial charge in [-0.1, -0.05) is 12.1 Å². The first-order valence-electron chi connectivity index (χ1n) is 7.52. The van der Waals surface area contributed by atoms with Crippen LogP contribution >= 0.6 is 0 Å². The third-order valence-corrected chi connectivity index (χ3v) is 3.76. The van der Waals surface area contributed by atoms with E-state index in [0.717, 1.165) is 5.56 Å². The van der Waals surface area contributed by atoms with E-state index < -0.39 is 5.97 Å². The molecule has 2 N–H and O–H groups in total. The molecule has 1 aromatic rings. The molecule has 0 bridgehead atoms. The third kappa shape index (κ3) is 5.07. The van der Waals surface area contributed by atoms with Gasteiger partial charge in [-0.25, -0.2) is 0 Å². The minimum absolute atomic E-state index is 0.0138. The summed E-state index contributed by atoms with van der Waals surface area (Å²) in [6.07, 6.45) is 0. The van der Waals surface area contributed by atoms with E-state index in [1.54, 1.807) is 17.0 Å². The second kappa shape index (κ2) is 7.73. The molecule has 0 aromatic heterocycles. The van der Waals surface area contributed by atoms with E-state index in [0.29, 0.717) is 38.3 Å². The number of nitrogens with one attached hydrogen (secondary N) is 1. The van der Waals surface area contributed by atoms with E-state index >= 15 is 0 Å². The number of piperazine rings is 1.